The first-order chi connectivity index (χ1) is 8.56. The lowest BCUT2D eigenvalue weighted by Crippen LogP contribution is -2.44. The summed E-state index contributed by atoms with van der Waals surface area (Å²) in [5.74, 6) is -0.564. The van der Waals surface area contributed by atoms with E-state index >= 15 is 0 Å². The number of carbonyl (C=O) groups is 2. The minimum Gasteiger partial charge on any atom is -0.355 e. The van der Waals surface area contributed by atoms with E-state index in [2.05, 4.69) is 16.7 Å². The molecule has 0 aliphatic rings. The van der Waals surface area contributed by atoms with E-state index in [1.54, 1.807) is 0 Å². The Morgan fingerprint density at radius 1 is 1.11 bits per heavy atom. The highest BCUT2D eigenvalue weighted by molar-refractivity contribution is 5.89. The molecule has 0 bridgehead atoms. The van der Waals surface area contributed by atoms with E-state index in [0.717, 1.165) is 12.8 Å². The van der Waals surface area contributed by atoms with Crippen molar-refractivity contribution in [1.82, 2.24) is 10.6 Å². The van der Waals surface area contributed by atoms with E-state index in [9.17, 15) is 14.9 Å². The number of hydrogen-bond donors (Lipinski definition) is 2. The molecule has 0 atom stereocenters. The minimum absolute atomic E-state index is 0.0659. The van der Waals surface area contributed by atoms with Gasteiger partial charge in [0.1, 0.15) is 5.41 Å². The fraction of sp³-hybridized carbons (Fsp3) is 0.769. The smallest absolute Gasteiger partial charge is 0.240 e. The average Bonchev–Trinajstić information content (AvgIpc) is 2.35. The zero-order valence-corrected chi connectivity index (χ0v) is 11.5. The number of nitrogens with zero attached hydrogens (tertiary/aromatic N) is 1. The summed E-state index contributed by atoms with van der Waals surface area (Å²) >= 11 is 0. The number of hydrogen-bond acceptors (Lipinski definition) is 3. The quantitative estimate of drug-likeness (QED) is 0.685. The largest absolute Gasteiger partial charge is 0.355 e. The minimum atomic E-state index is -0.990. The van der Waals surface area contributed by atoms with E-state index in [1.165, 1.54) is 0 Å². The van der Waals surface area contributed by atoms with Gasteiger partial charge in [0.05, 0.1) is 12.6 Å². The molecule has 0 saturated heterocycles. The van der Waals surface area contributed by atoms with Crippen LogP contribution in [0.15, 0.2) is 0 Å². The number of amides is 2. The molecule has 0 aliphatic heterocycles. The van der Waals surface area contributed by atoms with Gasteiger partial charge in [-0.15, -0.1) is 0 Å². The second-order valence-electron chi connectivity index (χ2n) is 4.33. The monoisotopic (exact) mass is 253 g/mol. The number of likely N-dealkylation sites (N-methyl/N-ethyl adjacent to an activating group) is 1. The van der Waals surface area contributed by atoms with Crippen LogP contribution in [-0.2, 0) is 9.59 Å². The maximum Gasteiger partial charge on any atom is 0.240 e. The van der Waals surface area contributed by atoms with Crippen LogP contribution < -0.4 is 10.6 Å². The van der Waals surface area contributed by atoms with Crippen molar-refractivity contribution in [2.45, 2.75) is 46.5 Å². The summed E-state index contributed by atoms with van der Waals surface area (Å²) in [5, 5.41) is 14.4. The molecule has 0 rings (SSSR count). The van der Waals surface area contributed by atoms with Crippen molar-refractivity contribution in [3.63, 3.8) is 0 Å². The summed E-state index contributed by atoms with van der Waals surface area (Å²) in [6, 6.07) is 2.13. The van der Waals surface area contributed by atoms with Crippen molar-refractivity contribution in [2.24, 2.45) is 5.41 Å². The molecule has 0 radical (unpaired) electrons. The highest BCUT2D eigenvalue weighted by Crippen LogP contribution is 2.29. The van der Waals surface area contributed by atoms with Crippen molar-refractivity contribution in [2.75, 3.05) is 13.1 Å². The third-order valence-corrected chi connectivity index (χ3v) is 2.79. The van der Waals surface area contributed by atoms with Crippen LogP contribution in [0.5, 0.6) is 0 Å². The summed E-state index contributed by atoms with van der Waals surface area (Å²) in [7, 11) is 0. The Kier molecular flexibility index (Phi) is 7.77. The first kappa shape index (κ1) is 16.4. The Morgan fingerprint density at radius 2 is 1.67 bits per heavy atom. The summed E-state index contributed by atoms with van der Waals surface area (Å²) < 4.78 is 0. The predicted molar refractivity (Wildman–Crippen MR) is 69.6 cm³/mol. The molecule has 102 valence electrons. The number of rotatable bonds is 8. The first-order valence-electron chi connectivity index (χ1n) is 6.52. The van der Waals surface area contributed by atoms with Gasteiger partial charge in [-0.05, 0) is 19.8 Å². The number of carbonyl (C=O) groups excluding carboxylic acids is 2. The normalized spacial score (nSPS) is 10.6. The SMILES string of the molecule is CCCC(C#N)(CCC)C(=O)NCC(=O)NCC. The van der Waals surface area contributed by atoms with Crippen LogP contribution in [-0.4, -0.2) is 24.9 Å². The fourth-order valence-electron chi connectivity index (χ4n) is 1.96. The molecule has 2 amide bonds. The van der Waals surface area contributed by atoms with E-state index in [0.29, 0.717) is 19.4 Å². The van der Waals surface area contributed by atoms with Crippen molar-refractivity contribution in [3.05, 3.63) is 0 Å². The molecule has 0 aromatic heterocycles. The Bertz CT molecular complexity index is 315. The Labute approximate surface area is 109 Å². The summed E-state index contributed by atoms with van der Waals surface area (Å²) in [6.07, 6.45) is 2.58. The van der Waals surface area contributed by atoms with E-state index in [1.807, 2.05) is 20.8 Å². The van der Waals surface area contributed by atoms with Gasteiger partial charge >= 0.3 is 0 Å². The second kappa shape index (κ2) is 8.51. The van der Waals surface area contributed by atoms with Crippen LogP contribution in [0.2, 0.25) is 0 Å². The first-order valence-corrected chi connectivity index (χ1v) is 6.52. The summed E-state index contributed by atoms with van der Waals surface area (Å²) in [5.41, 5.74) is -0.990. The Morgan fingerprint density at radius 3 is 2.06 bits per heavy atom. The van der Waals surface area contributed by atoms with Crippen LogP contribution in [0.4, 0.5) is 0 Å². The highest BCUT2D eigenvalue weighted by atomic mass is 16.2. The Balaban J connectivity index is 4.57. The van der Waals surface area contributed by atoms with Gasteiger partial charge in [0.25, 0.3) is 0 Å². The average molecular weight is 253 g/mol. The molecule has 5 heteroatoms. The van der Waals surface area contributed by atoms with Crippen LogP contribution in [0.25, 0.3) is 0 Å². The standard InChI is InChI=1S/C13H23N3O2/c1-4-7-13(10-14,8-5-2)12(18)16-9-11(17)15-6-3/h4-9H2,1-3H3,(H,15,17)(H,16,18). The predicted octanol–water partition coefficient (Wildman–Crippen LogP) is 1.35. The lowest BCUT2D eigenvalue weighted by Gasteiger charge is -2.24. The lowest BCUT2D eigenvalue weighted by molar-refractivity contribution is -0.131. The second-order valence-corrected chi connectivity index (χ2v) is 4.33. The van der Waals surface area contributed by atoms with E-state index in [-0.39, 0.29) is 18.4 Å². The molecular weight excluding hydrogens is 230 g/mol. The molecule has 0 saturated carbocycles. The van der Waals surface area contributed by atoms with E-state index in [4.69, 9.17) is 0 Å². The van der Waals surface area contributed by atoms with Gasteiger partial charge in [-0.1, -0.05) is 26.7 Å². The molecule has 0 spiro atoms. The Hall–Kier alpha value is -1.57. The molecule has 2 N–H and O–H groups in total. The maximum absolute atomic E-state index is 12.1. The third kappa shape index (κ3) is 4.74. The molecule has 0 heterocycles. The lowest BCUT2D eigenvalue weighted by atomic mass is 9.80. The van der Waals surface area contributed by atoms with E-state index < -0.39 is 5.41 Å². The zero-order valence-electron chi connectivity index (χ0n) is 11.5. The summed E-state index contributed by atoms with van der Waals surface area (Å²) in [4.78, 5) is 23.3. The molecule has 18 heavy (non-hydrogen) atoms. The maximum atomic E-state index is 12.1. The van der Waals surface area contributed by atoms with Gasteiger partial charge in [-0.2, -0.15) is 5.26 Å². The van der Waals surface area contributed by atoms with Gasteiger partial charge in [0.15, 0.2) is 0 Å². The van der Waals surface area contributed by atoms with Crippen LogP contribution in [0.3, 0.4) is 0 Å². The van der Waals surface area contributed by atoms with Crippen molar-refractivity contribution in [3.8, 4) is 6.07 Å². The van der Waals surface area contributed by atoms with Gasteiger partial charge in [0.2, 0.25) is 11.8 Å². The van der Waals surface area contributed by atoms with Gasteiger partial charge in [0, 0.05) is 6.54 Å². The van der Waals surface area contributed by atoms with Gasteiger partial charge < -0.3 is 10.6 Å². The molecule has 0 aliphatic carbocycles. The highest BCUT2D eigenvalue weighted by Gasteiger charge is 2.36. The van der Waals surface area contributed by atoms with Crippen LogP contribution in [0, 0.1) is 16.7 Å². The fourth-order valence-corrected chi connectivity index (χ4v) is 1.96. The van der Waals surface area contributed by atoms with Gasteiger partial charge in [-0.25, -0.2) is 0 Å². The topological polar surface area (TPSA) is 82.0 Å². The van der Waals surface area contributed by atoms with Gasteiger partial charge in [-0.3, -0.25) is 9.59 Å². The molecule has 0 aromatic carbocycles. The number of nitrogens with one attached hydrogen (secondary N) is 2. The summed E-state index contributed by atoms with van der Waals surface area (Å²) in [6.45, 7) is 6.16. The van der Waals surface area contributed by atoms with Crippen LogP contribution >= 0.6 is 0 Å². The zero-order chi connectivity index (χ0) is 14.0. The number of nitriles is 1. The van der Waals surface area contributed by atoms with Crippen molar-refractivity contribution < 1.29 is 9.59 Å². The molecule has 0 unspecified atom stereocenters. The van der Waals surface area contributed by atoms with Crippen molar-refractivity contribution in [1.29, 1.82) is 5.26 Å². The molecule has 5 nitrogen and oxygen atoms in total. The molecule has 0 aromatic rings. The van der Waals surface area contributed by atoms with Crippen LogP contribution in [0.1, 0.15) is 46.5 Å². The molecular formula is C13H23N3O2. The third-order valence-electron chi connectivity index (χ3n) is 2.79. The van der Waals surface area contributed by atoms with Crippen molar-refractivity contribution >= 4 is 11.8 Å². The molecule has 0 fully saturated rings.